The zero-order valence-corrected chi connectivity index (χ0v) is 15.0. The third kappa shape index (κ3) is 4.02. The summed E-state index contributed by atoms with van der Waals surface area (Å²) in [5.74, 6) is 0.703. The Balaban J connectivity index is 1.70. The molecule has 1 fully saturated rings. The summed E-state index contributed by atoms with van der Waals surface area (Å²) < 4.78 is 5.44. The fourth-order valence-corrected chi connectivity index (χ4v) is 3.25. The van der Waals surface area contributed by atoms with Crippen LogP contribution in [0.25, 0.3) is 11.5 Å². The van der Waals surface area contributed by atoms with Crippen LogP contribution >= 0.6 is 0 Å². The van der Waals surface area contributed by atoms with E-state index in [-0.39, 0.29) is 18.1 Å². The van der Waals surface area contributed by atoms with E-state index in [2.05, 4.69) is 10.3 Å². The number of nitrogens with one attached hydrogen (secondary N) is 1. The predicted octanol–water partition coefficient (Wildman–Crippen LogP) is 3.58. The lowest BCUT2D eigenvalue weighted by Gasteiger charge is -2.24. The van der Waals surface area contributed by atoms with Gasteiger partial charge in [-0.2, -0.15) is 0 Å². The second-order valence-electron chi connectivity index (χ2n) is 6.89. The number of aryl methyl sites for hydroxylation is 2. The molecule has 1 aromatic carbocycles. The van der Waals surface area contributed by atoms with Crippen LogP contribution in [0.15, 0.2) is 28.9 Å². The highest BCUT2D eigenvalue weighted by Crippen LogP contribution is 2.27. The molecule has 0 radical (unpaired) electrons. The lowest BCUT2D eigenvalue weighted by atomic mass is 10.1. The van der Waals surface area contributed by atoms with Crippen molar-refractivity contribution in [1.82, 2.24) is 9.88 Å². The second-order valence-corrected chi connectivity index (χ2v) is 6.89. The van der Waals surface area contributed by atoms with Crippen molar-refractivity contribution in [1.29, 1.82) is 0 Å². The minimum atomic E-state index is -0.298. The molecule has 2 aromatic rings. The van der Waals surface area contributed by atoms with Gasteiger partial charge in [0.05, 0.1) is 11.8 Å². The van der Waals surface area contributed by atoms with Crippen LogP contribution in [-0.4, -0.2) is 40.7 Å². The maximum Gasteiger partial charge on any atom is 0.321 e. The molecule has 0 aliphatic heterocycles. The van der Waals surface area contributed by atoms with Gasteiger partial charge in [0.2, 0.25) is 5.89 Å². The van der Waals surface area contributed by atoms with E-state index in [1.807, 2.05) is 32.0 Å². The third-order valence-corrected chi connectivity index (χ3v) is 4.82. The molecule has 1 aliphatic rings. The Morgan fingerprint density at radius 2 is 2.20 bits per heavy atom. The van der Waals surface area contributed by atoms with E-state index >= 15 is 0 Å². The minimum absolute atomic E-state index is 0.165. The molecule has 1 saturated carbocycles. The normalized spacial score (nSPS) is 19.8. The third-order valence-electron chi connectivity index (χ3n) is 4.82. The molecule has 0 saturated heterocycles. The fraction of sp³-hybridized carbons (Fsp3) is 0.474. The van der Waals surface area contributed by atoms with Crippen molar-refractivity contribution in [3.63, 3.8) is 0 Å². The molecule has 0 bridgehead atoms. The fourth-order valence-electron chi connectivity index (χ4n) is 3.25. The first-order valence-corrected chi connectivity index (χ1v) is 8.67. The summed E-state index contributed by atoms with van der Waals surface area (Å²) in [6.07, 6.45) is 4.13. The standard InChI is InChI=1S/C19H25N3O3/c1-12-7-8-14(18-20-13(2)11-25-18)9-16(12)21-19(24)22(3)10-15-5-4-6-17(15)23/h7-9,11,15,17,23H,4-6,10H2,1-3H3,(H,21,24). The zero-order valence-electron chi connectivity index (χ0n) is 15.0. The molecule has 2 unspecified atom stereocenters. The maximum atomic E-state index is 12.5. The van der Waals surface area contributed by atoms with Gasteiger partial charge >= 0.3 is 6.03 Å². The van der Waals surface area contributed by atoms with Gasteiger partial charge in [-0.3, -0.25) is 0 Å². The number of oxazole rings is 1. The molecule has 2 N–H and O–H groups in total. The van der Waals surface area contributed by atoms with Crippen LogP contribution < -0.4 is 5.32 Å². The lowest BCUT2D eigenvalue weighted by Crippen LogP contribution is -2.37. The largest absolute Gasteiger partial charge is 0.444 e. The second kappa shape index (κ2) is 7.27. The Morgan fingerprint density at radius 1 is 1.40 bits per heavy atom. The number of aliphatic hydroxyl groups is 1. The first kappa shape index (κ1) is 17.5. The van der Waals surface area contributed by atoms with Gasteiger partial charge in [0, 0.05) is 30.8 Å². The number of amides is 2. The first-order chi connectivity index (χ1) is 11.9. The van der Waals surface area contributed by atoms with Gasteiger partial charge in [-0.15, -0.1) is 0 Å². The highest BCUT2D eigenvalue weighted by atomic mass is 16.3. The van der Waals surface area contributed by atoms with Crippen LogP contribution in [0, 0.1) is 19.8 Å². The molecule has 1 aliphatic carbocycles. The van der Waals surface area contributed by atoms with E-state index in [1.54, 1.807) is 18.2 Å². The molecule has 2 amide bonds. The van der Waals surface area contributed by atoms with Crippen LogP contribution in [0.2, 0.25) is 0 Å². The SMILES string of the molecule is Cc1coc(-c2ccc(C)c(NC(=O)N(C)CC3CCCC3O)c2)n1. The molecule has 1 heterocycles. The summed E-state index contributed by atoms with van der Waals surface area (Å²) in [5.41, 5.74) is 3.34. The van der Waals surface area contributed by atoms with Crippen LogP contribution in [0.1, 0.15) is 30.5 Å². The number of carbonyl (C=O) groups excluding carboxylic acids is 1. The molecule has 0 spiro atoms. The Kier molecular flexibility index (Phi) is 5.08. The molecule has 134 valence electrons. The average molecular weight is 343 g/mol. The molecule has 6 heteroatoms. The predicted molar refractivity (Wildman–Crippen MR) is 96.4 cm³/mol. The van der Waals surface area contributed by atoms with E-state index in [4.69, 9.17) is 4.42 Å². The number of aliphatic hydroxyl groups excluding tert-OH is 1. The van der Waals surface area contributed by atoms with E-state index in [1.165, 1.54) is 0 Å². The number of carbonyl (C=O) groups is 1. The summed E-state index contributed by atoms with van der Waals surface area (Å²) in [7, 11) is 1.76. The van der Waals surface area contributed by atoms with Crippen molar-refractivity contribution in [3.05, 3.63) is 35.7 Å². The van der Waals surface area contributed by atoms with E-state index in [0.29, 0.717) is 12.4 Å². The quantitative estimate of drug-likeness (QED) is 0.889. The van der Waals surface area contributed by atoms with Crippen LogP contribution in [0.4, 0.5) is 10.5 Å². The summed E-state index contributed by atoms with van der Waals surface area (Å²) in [5, 5.41) is 12.9. The maximum absolute atomic E-state index is 12.5. The van der Waals surface area contributed by atoms with Crippen molar-refractivity contribution in [2.45, 2.75) is 39.2 Å². The van der Waals surface area contributed by atoms with Gasteiger partial charge in [0.1, 0.15) is 6.26 Å². The molecule has 25 heavy (non-hydrogen) atoms. The Hall–Kier alpha value is -2.34. The zero-order chi connectivity index (χ0) is 18.0. The highest BCUT2D eigenvalue weighted by Gasteiger charge is 2.27. The van der Waals surface area contributed by atoms with E-state index < -0.39 is 0 Å². The van der Waals surface area contributed by atoms with Gasteiger partial charge in [-0.05, 0) is 44.4 Å². The summed E-state index contributed by atoms with van der Waals surface area (Å²) >= 11 is 0. The number of aromatic nitrogens is 1. The Labute approximate surface area is 147 Å². The molecule has 6 nitrogen and oxygen atoms in total. The van der Waals surface area contributed by atoms with Gasteiger partial charge in [0.25, 0.3) is 0 Å². The highest BCUT2D eigenvalue weighted by molar-refractivity contribution is 5.90. The summed E-state index contributed by atoms with van der Waals surface area (Å²) in [4.78, 5) is 18.5. The number of hydrogen-bond acceptors (Lipinski definition) is 4. The van der Waals surface area contributed by atoms with Gasteiger partial charge < -0.3 is 19.7 Å². The lowest BCUT2D eigenvalue weighted by molar-refractivity contribution is 0.116. The van der Waals surface area contributed by atoms with Crippen molar-refractivity contribution < 1.29 is 14.3 Å². The molecule has 1 aromatic heterocycles. The number of nitrogens with zero attached hydrogens (tertiary/aromatic N) is 2. The number of hydrogen-bond donors (Lipinski definition) is 2. The van der Waals surface area contributed by atoms with Gasteiger partial charge in [0.15, 0.2) is 0 Å². The Morgan fingerprint density at radius 3 is 2.84 bits per heavy atom. The van der Waals surface area contributed by atoms with Crippen molar-refractivity contribution in [3.8, 4) is 11.5 Å². The van der Waals surface area contributed by atoms with Crippen molar-refractivity contribution >= 4 is 11.7 Å². The molecular formula is C19H25N3O3. The number of benzene rings is 1. The summed E-state index contributed by atoms with van der Waals surface area (Å²) in [6.45, 7) is 4.38. The smallest absolute Gasteiger partial charge is 0.321 e. The number of rotatable bonds is 4. The molecule has 2 atom stereocenters. The van der Waals surface area contributed by atoms with Gasteiger partial charge in [-0.25, -0.2) is 9.78 Å². The number of anilines is 1. The summed E-state index contributed by atoms with van der Waals surface area (Å²) in [6, 6.07) is 5.56. The minimum Gasteiger partial charge on any atom is -0.444 e. The van der Waals surface area contributed by atoms with E-state index in [9.17, 15) is 9.90 Å². The molecule has 3 rings (SSSR count). The van der Waals surface area contributed by atoms with Crippen molar-refractivity contribution in [2.75, 3.05) is 18.9 Å². The Bertz CT molecular complexity index is 756. The monoisotopic (exact) mass is 343 g/mol. The average Bonchev–Trinajstić information content (AvgIpc) is 3.18. The van der Waals surface area contributed by atoms with Crippen LogP contribution in [0.5, 0.6) is 0 Å². The first-order valence-electron chi connectivity index (χ1n) is 8.67. The van der Waals surface area contributed by atoms with Crippen molar-refractivity contribution in [2.24, 2.45) is 5.92 Å². The topological polar surface area (TPSA) is 78.6 Å². The van der Waals surface area contributed by atoms with E-state index in [0.717, 1.165) is 41.8 Å². The van der Waals surface area contributed by atoms with Crippen LogP contribution in [-0.2, 0) is 0 Å². The molecular weight excluding hydrogens is 318 g/mol. The van der Waals surface area contributed by atoms with Gasteiger partial charge in [-0.1, -0.05) is 12.5 Å². The van der Waals surface area contributed by atoms with Crippen LogP contribution in [0.3, 0.4) is 0 Å². The number of urea groups is 1.